The lowest BCUT2D eigenvalue weighted by molar-refractivity contribution is -0.114. The van der Waals surface area contributed by atoms with Gasteiger partial charge in [0.1, 0.15) is 0 Å². The zero-order valence-corrected chi connectivity index (χ0v) is 12.6. The highest BCUT2D eigenvalue weighted by Gasteiger charge is 1.99. The summed E-state index contributed by atoms with van der Waals surface area (Å²) in [6, 6.07) is 7.58. The molecule has 0 bridgehead atoms. The Labute approximate surface area is 120 Å². The molecule has 0 saturated heterocycles. The molecule has 0 aliphatic carbocycles. The molecule has 0 fully saturated rings. The number of nitrogens with one attached hydrogen (secondary N) is 3. The SMILES string of the molecule is CC(=O)Nc1ccc(CNCCCNS(C)(=O)=O)cc1. The highest BCUT2D eigenvalue weighted by Crippen LogP contribution is 2.09. The van der Waals surface area contributed by atoms with Gasteiger partial charge >= 0.3 is 0 Å². The van der Waals surface area contributed by atoms with E-state index in [1.54, 1.807) is 0 Å². The number of benzene rings is 1. The van der Waals surface area contributed by atoms with Gasteiger partial charge in [0.2, 0.25) is 15.9 Å². The molecule has 20 heavy (non-hydrogen) atoms. The first-order valence-corrected chi connectivity index (χ1v) is 8.28. The van der Waals surface area contributed by atoms with Gasteiger partial charge < -0.3 is 10.6 Å². The predicted molar refractivity (Wildman–Crippen MR) is 79.9 cm³/mol. The van der Waals surface area contributed by atoms with Crippen LogP contribution in [0.15, 0.2) is 24.3 Å². The average Bonchev–Trinajstić information content (AvgIpc) is 2.33. The summed E-state index contributed by atoms with van der Waals surface area (Å²) in [5, 5.41) is 5.93. The first-order chi connectivity index (χ1) is 9.37. The molecule has 1 aromatic rings. The van der Waals surface area contributed by atoms with E-state index < -0.39 is 10.0 Å². The summed E-state index contributed by atoms with van der Waals surface area (Å²) in [5.74, 6) is -0.0887. The van der Waals surface area contributed by atoms with E-state index in [0.717, 1.165) is 30.5 Å². The Morgan fingerprint density at radius 3 is 2.35 bits per heavy atom. The fraction of sp³-hybridized carbons (Fsp3) is 0.462. The van der Waals surface area contributed by atoms with Crippen LogP contribution in [0.5, 0.6) is 0 Å². The van der Waals surface area contributed by atoms with Crippen molar-refractivity contribution in [1.29, 1.82) is 0 Å². The molecular weight excluding hydrogens is 278 g/mol. The average molecular weight is 299 g/mol. The van der Waals surface area contributed by atoms with Crippen molar-refractivity contribution in [2.45, 2.75) is 19.9 Å². The third-order valence-corrected chi connectivity index (χ3v) is 3.23. The number of carbonyl (C=O) groups is 1. The van der Waals surface area contributed by atoms with Crippen molar-refractivity contribution in [2.75, 3.05) is 24.7 Å². The largest absolute Gasteiger partial charge is 0.326 e. The second-order valence-electron chi connectivity index (χ2n) is 4.57. The van der Waals surface area contributed by atoms with Crippen LogP contribution in [0.3, 0.4) is 0 Å². The number of hydrogen-bond acceptors (Lipinski definition) is 4. The molecule has 0 atom stereocenters. The van der Waals surface area contributed by atoms with Crippen molar-refractivity contribution in [3.63, 3.8) is 0 Å². The first kappa shape index (κ1) is 16.6. The lowest BCUT2D eigenvalue weighted by Gasteiger charge is -2.07. The Balaban J connectivity index is 2.20. The van der Waals surface area contributed by atoms with E-state index in [-0.39, 0.29) is 5.91 Å². The van der Waals surface area contributed by atoms with Crippen molar-refractivity contribution in [3.8, 4) is 0 Å². The lowest BCUT2D eigenvalue weighted by atomic mass is 10.2. The van der Waals surface area contributed by atoms with E-state index in [2.05, 4.69) is 15.4 Å². The molecular formula is C13H21N3O3S. The van der Waals surface area contributed by atoms with Gasteiger partial charge in [0.15, 0.2) is 0 Å². The molecule has 1 amide bonds. The molecule has 6 nitrogen and oxygen atoms in total. The number of carbonyl (C=O) groups excluding carboxylic acids is 1. The summed E-state index contributed by atoms with van der Waals surface area (Å²) in [6.07, 6.45) is 1.88. The molecule has 3 N–H and O–H groups in total. The van der Waals surface area contributed by atoms with E-state index >= 15 is 0 Å². The van der Waals surface area contributed by atoms with Gasteiger partial charge in [-0.2, -0.15) is 0 Å². The number of amides is 1. The van der Waals surface area contributed by atoms with Gasteiger partial charge in [0, 0.05) is 25.7 Å². The summed E-state index contributed by atoms with van der Waals surface area (Å²) in [7, 11) is -3.09. The minimum Gasteiger partial charge on any atom is -0.326 e. The third-order valence-electron chi connectivity index (χ3n) is 2.50. The molecule has 112 valence electrons. The smallest absolute Gasteiger partial charge is 0.221 e. The van der Waals surface area contributed by atoms with Crippen molar-refractivity contribution >= 4 is 21.6 Å². The van der Waals surface area contributed by atoms with Gasteiger partial charge in [0.05, 0.1) is 6.26 Å². The molecule has 1 aromatic carbocycles. The summed E-state index contributed by atoms with van der Waals surface area (Å²) in [6.45, 7) is 3.35. The summed E-state index contributed by atoms with van der Waals surface area (Å²) in [5.41, 5.74) is 1.88. The van der Waals surface area contributed by atoms with Crippen LogP contribution in [0.1, 0.15) is 18.9 Å². The van der Waals surface area contributed by atoms with Crippen LogP contribution >= 0.6 is 0 Å². The zero-order valence-electron chi connectivity index (χ0n) is 11.8. The van der Waals surface area contributed by atoms with Crippen LogP contribution in [-0.4, -0.2) is 33.7 Å². The summed E-state index contributed by atoms with van der Waals surface area (Å²) in [4.78, 5) is 10.9. The molecule has 0 spiro atoms. The molecule has 0 radical (unpaired) electrons. The van der Waals surface area contributed by atoms with E-state index in [1.165, 1.54) is 6.92 Å². The second-order valence-corrected chi connectivity index (χ2v) is 6.41. The third kappa shape index (κ3) is 7.88. The monoisotopic (exact) mass is 299 g/mol. The molecule has 0 saturated carbocycles. The maximum Gasteiger partial charge on any atom is 0.221 e. The van der Waals surface area contributed by atoms with Gasteiger partial charge in [0.25, 0.3) is 0 Å². The van der Waals surface area contributed by atoms with E-state index in [0.29, 0.717) is 13.1 Å². The summed E-state index contributed by atoms with van der Waals surface area (Å²) < 4.78 is 24.1. The van der Waals surface area contributed by atoms with Crippen molar-refractivity contribution in [1.82, 2.24) is 10.0 Å². The Bertz CT molecular complexity index is 526. The van der Waals surface area contributed by atoms with Gasteiger partial charge in [-0.3, -0.25) is 4.79 Å². The lowest BCUT2D eigenvalue weighted by Crippen LogP contribution is -2.26. The van der Waals surface area contributed by atoms with Crippen molar-refractivity contribution < 1.29 is 13.2 Å². The number of anilines is 1. The molecule has 0 aliphatic heterocycles. The van der Waals surface area contributed by atoms with Crippen LogP contribution in [0.25, 0.3) is 0 Å². The Morgan fingerprint density at radius 2 is 1.80 bits per heavy atom. The van der Waals surface area contributed by atoms with E-state index in [9.17, 15) is 13.2 Å². The standard InChI is InChI=1S/C13H21N3O3S/c1-11(17)16-13-6-4-12(5-7-13)10-14-8-3-9-15-20(2,18)19/h4-7,14-15H,3,8-10H2,1-2H3,(H,16,17). The second kappa shape index (κ2) is 7.98. The minimum absolute atomic E-state index is 0.0887. The maximum absolute atomic E-state index is 10.9. The molecule has 7 heteroatoms. The van der Waals surface area contributed by atoms with Crippen LogP contribution in [-0.2, 0) is 21.4 Å². The fourth-order valence-electron chi connectivity index (χ4n) is 1.61. The Morgan fingerprint density at radius 1 is 1.15 bits per heavy atom. The molecule has 0 aliphatic rings. The Hall–Kier alpha value is -1.44. The van der Waals surface area contributed by atoms with Crippen molar-refractivity contribution in [2.24, 2.45) is 0 Å². The molecule has 0 unspecified atom stereocenters. The first-order valence-electron chi connectivity index (χ1n) is 6.39. The highest BCUT2D eigenvalue weighted by atomic mass is 32.2. The van der Waals surface area contributed by atoms with Crippen LogP contribution in [0.4, 0.5) is 5.69 Å². The molecule has 0 heterocycles. The summed E-state index contributed by atoms with van der Waals surface area (Å²) >= 11 is 0. The molecule has 1 rings (SSSR count). The van der Waals surface area contributed by atoms with Gasteiger partial charge in [-0.25, -0.2) is 13.1 Å². The normalized spacial score (nSPS) is 11.3. The predicted octanol–water partition coefficient (Wildman–Crippen LogP) is 0.674. The van der Waals surface area contributed by atoms with Crippen LogP contribution in [0.2, 0.25) is 0 Å². The van der Waals surface area contributed by atoms with Gasteiger partial charge in [-0.05, 0) is 30.7 Å². The van der Waals surface area contributed by atoms with Crippen molar-refractivity contribution in [3.05, 3.63) is 29.8 Å². The topological polar surface area (TPSA) is 87.3 Å². The van der Waals surface area contributed by atoms with E-state index in [1.807, 2.05) is 24.3 Å². The number of sulfonamides is 1. The van der Waals surface area contributed by atoms with Gasteiger partial charge in [-0.15, -0.1) is 0 Å². The van der Waals surface area contributed by atoms with E-state index in [4.69, 9.17) is 0 Å². The maximum atomic E-state index is 10.9. The Kier molecular flexibility index (Phi) is 6.63. The minimum atomic E-state index is -3.09. The number of rotatable bonds is 8. The molecule has 0 aromatic heterocycles. The van der Waals surface area contributed by atoms with Crippen LogP contribution < -0.4 is 15.4 Å². The van der Waals surface area contributed by atoms with Crippen LogP contribution in [0, 0.1) is 0 Å². The fourth-order valence-corrected chi connectivity index (χ4v) is 2.13. The number of hydrogen-bond donors (Lipinski definition) is 3. The highest BCUT2D eigenvalue weighted by molar-refractivity contribution is 7.88. The van der Waals surface area contributed by atoms with Gasteiger partial charge in [-0.1, -0.05) is 12.1 Å². The quantitative estimate of drug-likeness (QED) is 0.616. The zero-order chi connectivity index (χ0) is 15.0.